The molecule has 2 aromatic carbocycles. The Balaban J connectivity index is 2.21. The number of anilines is 1. The summed E-state index contributed by atoms with van der Waals surface area (Å²) >= 11 is 0. The highest BCUT2D eigenvalue weighted by Gasteiger charge is 2.18. The Kier molecular flexibility index (Phi) is 5.64. The van der Waals surface area contributed by atoms with Gasteiger partial charge in [-0.1, -0.05) is 0 Å². The molecule has 2 N–H and O–H groups in total. The van der Waals surface area contributed by atoms with E-state index in [1.54, 1.807) is 13.8 Å². The van der Waals surface area contributed by atoms with Crippen LogP contribution in [0.1, 0.15) is 13.8 Å². The second-order valence-corrected chi connectivity index (χ2v) is 9.05. The van der Waals surface area contributed by atoms with Gasteiger partial charge in [-0.15, -0.1) is 0 Å². The van der Waals surface area contributed by atoms with Crippen LogP contribution >= 0.6 is 0 Å². The third-order valence-corrected chi connectivity index (χ3v) is 6.24. The van der Waals surface area contributed by atoms with Gasteiger partial charge in [0.1, 0.15) is 0 Å². The molecule has 0 aromatic heterocycles. The summed E-state index contributed by atoms with van der Waals surface area (Å²) in [5, 5.41) is 10.6. The van der Waals surface area contributed by atoms with Crippen molar-refractivity contribution in [1.29, 1.82) is 0 Å². The molecule has 0 spiro atoms. The van der Waals surface area contributed by atoms with Gasteiger partial charge in [-0.05, 0) is 50.2 Å². The summed E-state index contributed by atoms with van der Waals surface area (Å²) in [5.41, 5.74) is -0.0667. The number of non-ortho nitro benzene ring substituents is 1. The van der Waals surface area contributed by atoms with Crippen molar-refractivity contribution in [3.05, 3.63) is 58.6 Å². The zero-order valence-corrected chi connectivity index (χ0v) is 15.5. The van der Waals surface area contributed by atoms with Crippen molar-refractivity contribution in [1.82, 2.24) is 4.72 Å². The zero-order chi connectivity index (χ0) is 19.5. The minimum Gasteiger partial charge on any atom is -0.280 e. The van der Waals surface area contributed by atoms with Crippen molar-refractivity contribution in [3.63, 3.8) is 0 Å². The van der Waals surface area contributed by atoms with Crippen LogP contribution in [0.4, 0.5) is 11.4 Å². The van der Waals surface area contributed by atoms with Crippen LogP contribution in [0.5, 0.6) is 0 Å². The van der Waals surface area contributed by atoms with E-state index >= 15 is 0 Å². The fourth-order valence-corrected chi connectivity index (χ4v) is 4.35. The van der Waals surface area contributed by atoms with Crippen LogP contribution in [0.25, 0.3) is 0 Å². The number of nitrogens with one attached hydrogen (secondary N) is 2. The van der Waals surface area contributed by atoms with E-state index in [-0.39, 0.29) is 27.2 Å². The van der Waals surface area contributed by atoms with Crippen molar-refractivity contribution < 1.29 is 21.8 Å². The number of sulfonamides is 2. The molecule has 11 heteroatoms. The molecule has 0 heterocycles. The standard InChI is InChI=1S/C15H17N3O6S2/c1-11(2)16-25(21,22)14-7-3-12(4-8-14)17-26(23,24)15-9-5-13(6-10-15)18(19)20/h3-11,16-17H,1-2H3. The lowest BCUT2D eigenvalue weighted by Gasteiger charge is -2.11. The Morgan fingerprint density at radius 1 is 0.846 bits per heavy atom. The molecule has 2 aromatic rings. The summed E-state index contributed by atoms with van der Waals surface area (Å²) in [4.78, 5) is 9.84. The van der Waals surface area contributed by atoms with E-state index in [1.807, 2.05) is 0 Å². The van der Waals surface area contributed by atoms with E-state index < -0.39 is 25.0 Å². The SMILES string of the molecule is CC(C)NS(=O)(=O)c1ccc(NS(=O)(=O)c2ccc([N+](=O)[O-])cc2)cc1. The fraction of sp³-hybridized carbons (Fsp3) is 0.200. The minimum absolute atomic E-state index is 0.00415. The lowest BCUT2D eigenvalue weighted by atomic mass is 10.3. The molecule has 0 fully saturated rings. The van der Waals surface area contributed by atoms with Gasteiger partial charge in [0.2, 0.25) is 10.0 Å². The van der Waals surface area contributed by atoms with E-state index in [2.05, 4.69) is 9.44 Å². The lowest BCUT2D eigenvalue weighted by Crippen LogP contribution is -2.30. The van der Waals surface area contributed by atoms with Crippen molar-refractivity contribution in [2.45, 2.75) is 29.7 Å². The Labute approximate surface area is 151 Å². The molecular formula is C15H17N3O6S2. The van der Waals surface area contributed by atoms with Gasteiger partial charge in [0, 0.05) is 23.9 Å². The Hall–Kier alpha value is -2.50. The monoisotopic (exact) mass is 399 g/mol. The molecule has 2 rings (SSSR count). The summed E-state index contributed by atoms with van der Waals surface area (Å²) in [7, 11) is -7.64. The molecule has 26 heavy (non-hydrogen) atoms. The number of nitro benzene ring substituents is 1. The number of nitro groups is 1. The Morgan fingerprint density at radius 2 is 1.31 bits per heavy atom. The van der Waals surface area contributed by atoms with Crippen molar-refractivity contribution in [2.24, 2.45) is 0 Å². The maximum atomic E-state index is 12.3. The van der Waals surface area contributed by atoms with Crippen LogP contribution in [-0.2, 0) is 20.0 Å². The molecule has 9 nitrogen and oxygen atoms in total. The Morgan fingerprint density at radius 3 is 1.77 bits per heavy atom. The van der Waals surface area contributed by atoms with E-state index in [4.69, 9.17) is 0 Å². The smallest absolute Gasteiger partial charge is 0.269 e. The summed E-state index contributed by atoms with van der Waals surface area (Å²) in [5.74, 6) is 0. The van der Waals surface area contributed by atoms with Crippen molar-refractivity contribution in [3.8, 4) is 0 Å². The van der Waals surface area contributed by atoms with Gasteiger partial charge in [0.15, 0.2) is 0 Å². The van der Waals surface area contributed by atoms with E-state index in [0.717, 1.165) is 24.3 Å². The zero-order valence-electron chi connectivity index (χ0n) is 13.9. The normalized spacial score (nSPS) is 12.1. The number of nitrogens with zero attached hydrogens (tertiary/aromatic N) is 1. The molecule has 0 aliphatic rings. The summed E-state index contributed by atoms with van der Waals surface area (Å²) < 4.78 is 53.4. The molecular weight excluding hydrogens is 382 g/mol. The minimum atomic E-state index is -3.96. The molecule has 0 saturated heterocycles. The predicted octanol–water partition coefficient (Wildman–Crippen LogP) is 2.08. The second kappa shape index (κ2) is 7.40. The van der Waals surface area contributed by atoms with Crippen LogP contribution in [-0.4, -0.2) is 27.8 Å². The molecule has 0 bridgehead atoms. The van der Waals surface area contributed by atoms with Gasteiger partial charge in [-0.3, -0.25) is 14.8 Å². The number of hydrogen-bond acceptors (Lipinski definition) is 6. The molecule has 0 aliphatic heterocycles. The first-order valence-corrected chi connectivity index (χ1v) is 10.4. The van der Waals surface area contributed by atoms with Gasteiger partial charge in [0.25, 0.3) is 15.7 Å². The van der Waals surface area contributed by atoms with Gasteiger partial charge in [0.05, 0.1) is 14.7 Å². The van der Waals surface area contributed by atoms with Crippen LogP contribution in [0, 0.1) is 10.1 Å². The predicted molar refractivity (Wildman–Crippen MR) is 95.8 cm³/mol. The Bertz CT molecular complexity index is 998. The van der Waals surface area contributed by atoms with E-state index in [9.17, 15) is 26.9 Å². The van der Waals surface area contributed by atoms with Crippen LogP contribution in [0.15, 0.2) is 58.3 Å². The second-order valence-electron chi connectivity index (χ2n) is 5.66. The van der Waals surface area contributed by atoms with Crippen molar-refractivity contribution in [2.75, 3.05) is 4.72 Å². The fourth-order valence-electron chi connectivity index (χ4n) is 2.04. The molecule has 0 unspecified atom stereocenters. The first-order valence-electron chi connectivity index (χ1n) is 7.41. The van der Waals surface area contributed by atoms with Gasteiger partial charge in [-0.25, -0.2) is 21.6 Å². The molecule has 0 amide bonds. The average Bonchev–Trinajstić information content (AvgIpc) is 2.54. The summed E-state index contributed by atoms with van der Waals surface area (Å²) in [6.45, 7) is 3.37. The number of hydrogen-bond donors (Lipinski definition) is 2. The molecule has 0 atom stereocenters. The maximum absolute atomic E-state index is 12.3. The van der Waals surface area contributed by atoms with Crippen LogP contribution in [0.2, 0.25) is 0 Å². The average molecular weight is 399 g/mol. The molecule has 0 saturated carbocycles. The number of benzene rings is 2. The maximum Gasteiger partial charge on any atom is 0.269 e. The largest absolute Gasteiger partial charge is 0.280 e. The first kappa shape index (κ1) is 19.8. The third kappa shape index (κ3) is 4.77. The highest BCUT2D eigenvalue weighted by molar-refractivity contribution is 7.92. The third-order valence-electron chi connectivity index (χ3n) is 3.17. The molecule has 0 aliphatic carbocycles. The van der Waals surface area contributed by atoms with Crippen LogP contribution in [0.3, 0.4) is 0 Å². The highest BCUT2D eigenvalue weighted by atomic mass is 32.2. The van der Waals surface area contributed by atoms with E-state index in [1.165, 1.54) is 24.3 Å². The molecule has 140 valence electrons. The summed E-state index contributed by atoms with van der Waals surface area (Å²) in [6.07, 6.45) is 0. The quantitative estimate of drug-likeness (QED) is 0.540. The van der Waals surface area contributed by atoms with Gasteiger partial charge < -0.3 is 0 Å². The highest BCUT2D eigenvalue weighted by Crippen LogP contribution is 2.20. The van der Waals surface area contributed by atoms with Crippen LogP contribution < -0.4 is 9.44 Å². The topological polar surface area (TPSA) is 135 Å². The van der Waals surface area contributed by atoms with Gasteiger partial charge in [-0.2, -0.15) is 0 Å². The van der Waals surface area contributed by atoms with E-state index in [0.29, 0.717) is 0 Å². The lowest BCUT2D eigenvalue weighted by molar-refractivity contribution is -0.384. The first-order chi connectivity index (χ1) is 12.0. The summed E-state index contributed by atoms with van der Waals surface area (Å²) in [6, 6.07) is 9.31. The van der Waals surface area contributed by atoms with Crippen molar-refractivity contribution >= 4 is 31.4 Å². The number of rotatable bonds is 7. The molecule has 0 radical (unpaired) electrons. The van der Waals surface area contributed by atoms with Gasteiger partial charge >= 0.3 is 0 Å².